The van der Waals surface area contributed by atoms with Crippen LogP contribution in [0.3, 0.4) is 0 Å². The Morgan fingerprint density at radius 1 is 1.17 bits per heavy atom. The van der Waals surface area contributed by atoms with Gasteiger partial charge in [0.1, 0.15) is 5.75 Å². The van der Waals surface area contributed by atoms with Crippen LogP contribution in [0.1, 0.15) is 36.2 Å². The molecule has 0 saturated carbocycles. The third-order valence-corrected chi connectivity index (χ3v) is 3.57. The Labute approximate surface area is 141 Å². The summed E-state index contributed by atoms with van der Waals surface area (Å²) in [4.78, 5) is 23.4. The minimum Gasteiger partial charge on any atom is -0.492 e. The Bertz CT molecular complexity index is 741. The van der Waals surface area contributed by atoms with E-state index in [4.69, 9.17) is 10.5 Å². The van der Waals surface area contributed by atoms with Crippen LogP contribution in [0, 0.1) is 0 Å². The van der Waals surface area contributed by atoms with Gasteiger partial charge in [-0.15, -0.1) is 0 Å². The number of aryl methyl sites for hydroxylation is 1. The molecule has 5 nitrogen and oxygen atoms in total. The second-order valence-corrected chi connectivity index (χ2v) is 5.49. The van der Waals surface area contributed by atoms with Crippen LogP contribution in [-0.4, -0.2) is 18.3 Å². The van der Waals surface area contributed by atoms with Gasteiger partial charge in [0.05, 0.1) is 12.3 Å². The molecule has 0 spiro atoms. The highest BCUT2D eigenvalue weighted by Crippen LogP contribution is 2.23. The van der Waals surface area contributed by atoms with E-state index in [1.54, 1.807) is 24.3 Å². The van der Waals surface area contributed by atoms with Crippen molar-refractivity contribution >= 4 is 23.1 Å². The van der Waals surface area contributed by atoms with E-state index in [9.17, 15) is 9.59 Å². The molecule has 126 valence electrons. The average molecular weight is 326 g/mol. The van der Waals surface area contributed by atoms with E-state index in [1.165, 1.54) is 6.92 Å². The van der Waals surface area contributed by atoms with Crippen LogP contribution in [0.5, 0.6) is 5.75 Å². The number of hydrogen-bond acceptors (Lipinski definition) is 4. The summed E-state index contributed by atoms with van der Waals surface area (Å²) in [7, 11) is 0. The van der Waals surface area contributed by atoms with Crippen LogP contribution in [0.15, 0.2) is 42.5 Å². The number of hydrogen-bond donors (Lipinski definition) is 2. The highest BCUT2D eigenvalue weighted by molar-refractivity contribution is 5.97. The normalized spacial score (nSPS) is 10.2. The van der Waals surface area contributed by atoms with Gasteiger partial charge in [0, 0.05) is 17.7 Å². The maximum Gasteiger partial charge on any atom is 0.224 e. The summed E-state index contributed by atoms with van der Waals surface area (Å²) in [6, 6.07) is 12.5. The van der Waals surface area contributed by atoms with Crippen molar-refractivity contribution in [3.8, 4) is 5.75 Å². The van der Waals surface area contributed by atoms with Crippen LogP contribution >= 0.6 is 0 Å². The molecule has 3 N–H and O–H groups in total. The lowest BCUT2D eigenvalue weighted by molar-refractivity contribution is -0.116. The highest BCUT2D eigenvalue weighted by Gasteiger charge is 2.07. The van der Waals surface area contributed by atoms with E-state index in [2.05, 4.69) is 5.32 Å². The number of carbonyl (C=O) groups excluding carboxylic acids is 2. The average Bonchev–Trinajstić information content (AvgIpc) is 2.55. The molecule has 1 amide bonds. The van der Waals surface area contributed by atoms with Gasteiger partial charge < -0.3 is 15.8 Å². The van der Waals surface area contributed by atoms with Crippen LogP contribution in [0.25, 0.3) is 0 Å². The number of benzene rings is 2. The number of Topliss-reactive ketones (excluding diaryl/α,β-unsaturated/α-hetero) is 1. The van der Waals surface area contributed by atoms with Crippen LogP contribution in [0.4, 0.5) is 11.4 Å². The predicted molar refractivity (Wildman–Crippen MR) is 95.4 cm³/mol. The number of ether oxygens (including phenoxy) is 1. The number of rotatable bonds is 7. The van der Waals surface area contributed by atoms with Crippen molar-refractivity contribution in [2.75, 3.05) is 17.7 Å². The van der Waals surface area contributed by atoms with Crippen LogP contribution < -0.4 is 15.8 Å². The maximum atomic E-state index is 12.1. The molecular formula is C19H22N2O3. The van der Waals surface area contributed by atoms with Crippen molar-refractivity contribution in [1.82, 2.24) is 0 Å². The summed E-state index contributed by atoms with van der Waals surface area (Å²) in [5.74, 6) is 0.519. The smallest absolute Gasteiger partial charge is 0.224 e. The number of nitrogen functional groups attached to an aromatic ring is 1. The molecular weight excluding hydrogens is 304 g/mol. The Morgan fingerprint density at radius 3 is 2.62 bits per heavy atom. The third kappa shape index (κ3) is 4.84. The molecule has 0 aromatic heterocycles. The highest BCUT2D eigenvalue weighted by atomic mass is 16.5. The summed E-state index contributed by atoms with van der Waals surface area (Å²) in [5.41, 5.74) is 8.67. The molecule has 2 rings (SSSR count). The summed E-state index contributed by atoms with van der Waals surface area (Å²) in [6.45, 7) is 3.96. The first-order valence-corrected chi connectivity index (χ1v) is 7.91. The lowest BCUT2D eigenvalue weighted by Gasteiger charge is -2.09. The molecule has 0 fully saturated rings. The maximum absolute atomic E-state index is 12.1. The van der Waals surface area contributed by atoms with E-state index in [0.29, 0.717) is 42.1 Å². The number of carbonyl (C=O) groups is 2. The molecule has 24 heavy (non-hydrogen) atoms. The van der Waals surface area contributed by atoms with Gasteiger partial charge >= 0.3 is 0 Å². The van der Waals surface area contributed by atoms with Gasteiger partial charge in [0.15, 0.2) is 5.78 Å². The Morgan fingerprint density at radius 2 is 1.96 bits per heavy atom. The van der Waals surface area contributed by atoms with Crippen molar-refractivity contribution in [1.29, 1.82) is 0 Å². The topological polar surface area (TPSA) is 81.4 Å². The molecule has 5 heteroatoms. The van der Waals surface area contributed by atoms with Gasteiger partial charge in [-0.25, -0.2) is 0 Å². The van der Waals surface area contributed by atoms with Crippen LogP contribution in [-0.2, 0) is 11.2 Å². The van der Waals surface area contributed by atoms with Gasteiger partial charge in [-0.3, -0.25) is 9.59 Å². The molecule has 0 radical (unpaired) electrons. The first kappa shape index (κ1) is 17.5. The Hall–Kier alpha value is -2.82. The second kappa shape index (κ2) is 8.15. The standard InChI is InChI=1S/C19H22N2O3/c1-3-24-18-9-7-14(11-17(18)20)8-10-19(23)21-16-6-4-5-15(12-16)13(2)22/h4-7,9,11-12H,3,8,10,20H2,1-2H3,(H,21,23). The summed E-state index contributed by atoms with van der Waals surface area (Å²) in [6.07, 6.45) is 0.909. The monoisotopic (exact) mass is 326 g/mol. The van der Waals surface area contributed by atoms with Gasteiger partial charge in [0.25, 0.3) is 0 Å². The number of nitrogens with two attached hydrogens (primary N) is 1. The lowest BCUT2D eigenvalue weighted by Crippen LogP contribution is -2.12. The molecule has 0 heterocycles. The number of amides is 1. The Kier molecular flexibility index (Phi) is 5.95. The third-order valence-electron chi connectivity index (χ3n) is 3.57. The van der Waals surface area contributed by atoms with Crippen LogP contribution in [0.2, 0.25) is 0 Å². The van der Waals surface area contributed by atoms with E-state index in [-0.39, 0.29) is 11.7 Å². The molecule has 0 aliphatic rings. The van der Waals surface area contributed by atoms with Gasteiger partial charge in [-0.05, 0) is 50.1 Å². The fourth-order valence-corrected chi connectivity index (χ4v) is 2.34. The number of ketones is 1. The molecule has 2 aromatic carbocycles. The second-order valence-electron chi connectivity index (χ2n) is 5.49. The summed E-state index contributed by atoms with van der Waals surface area (Å²) in [5, 5.41) is 2.81. The van der Waals surface area contributed by atoms with Gasteiger partial charge in [0.2, 0.25) is 5.91 Å². The van der Waals surface area contributed by atoms with Crippen molar-refractivity contribution < 1.29 is 14.3 Å². The van der Waals surface area contributed by atoms with E-state index >= 15 is 0 Å². The van der Waals surface area contributed by atoms with Gasteiger partial charge in [-0.1, -0.05) is 18.2 Å². The summed E-state index contributed by atoms with van der Waals surface area (Å²) >= 11 is 0. The zero-order valence-electron chi connectivity index (χ0n) is 14.0. The first-order valence-electron chi connectivity index (χ1n) is 7.91. The zero-order chi connectivity index (χ0) is 17.5. The van der Waals surface area contributed by atoms with Crippen molar-refractivity contribution in [2.45, 2.75) is 26.7 Å². The molecule has 0 aliphatic carbocycles. The first-order chi connectivity index (χ1) is 11.5. The van der Waals surface area contributed by atoms with Gasteiger partial charge in [-0.2, -0.15) is 0 Å². The number of anilines is 2. The fourth-order valence-electron chi connectivity index (χ4n) is 2.34. The quantitative estimate of drug-likeness (QED) is 0.603. The van der Waals surface area contributed by atoms with E-state index < -0.39 is 0 Å². The summed E-state index contributed by atoms with van der Waals surface area (Å²) < 4.78 is 5.39. The number of nitrogens with one attached hydrogen (secondary N) is 1. The minimum absolute atomic E-state index is 0.0315. The lowest BCUT2D eigenvalue weighted by atomic mass is 10.1. The molecule has 0 bridgehead atoms. The van der Waals surface area contributed by atoms with Crippen molar-refractivity contribution in [3.63, 3.8) is 0 Å². The van der Waals surface area contributed by atoms with E-state index in [0.717, 1.165) is 5.56 Å². The molecule has 0 atom stereocenters. The molecule has 0 unspecified atom stereocenters. The predicted octanol–water partition coefficient (Wildman–Crippen LogP) is 3.44. The molecule has 0 aliphatic heterocycles. The molecule has 0 saturated heterocycles. The van der Waals surface area contributed by atoms with Crippen molar-refractivity contribution in [2.24, 2.45) is 0 Å². The Balaban J connectivity index is 1.92. The van der Waals surface area contributed by atoms with E-state index in [1.807, 2.05) is 25.1 Å². The largest absolute Gasteiger partial charge is 0.492 e. The minimum atomic E-state index is -0.108. The molecule has 2 aromatic rings. The zero-order valence-corrected chi connectivity index (χ0v) is 14.0. The van der Waals surface area contributed by atoms with Crippen molar-refractivity contribution in [3.05, 3.63) is 53.6 Å². The fraction of sp³-hybridized carbons (Fsp3) is 0.263. The SMILES string of the molecule is CCOc1ccc(CCC(=O)Nc2cccc(C(C)=O)c2)cc1N.